The summed E-state index contributed by atoms with van der Waals surface area (Å²) in [4.78, 5) is 2.41. The Morgan fingerprint density at radius 3 is 2.59 bits per heavy atom. The lowest BCUT2D eigenvalue weighted by Gasteiger charge is -2.28. The molecule has 2 atom stereocenters. The van der Waals surface area contributed by atoms with Crippen molar-refractivity contribution in [2.45, 2.75) is 19.2 Å². The monoisotopic (exact) mass is 357 g/mol. The molecular weight excluding hydrogens is 338 g/mol. The quantitative estimate of drug-likeness (QED) is 0.706. The predicted molar refractivity (Wildman–Crippen MR) is 93.5 cm³/mol. The predicted octanol–water partition coefficient (Wildman–Crippen LogP) is 5.10. The van der Waals surface area contributed by atoms with Crippen molar-refractivity contribution in [3.63, 3.8) is 0 Å². The van der Waals surface area contributed by atoms with Crippen LogP contribution in [0.5, 0.6) is 0 Å². The van der Waals surface area contributed by atoms with E-state index in [0.717, 1.165) is 11.0 Å². The largest absolute Gasteiger partial charge is 0.357 e. The van der Waals surface area contributed by atoms with Gasteiger partial charge in [-0.15, -0.1) is 0 Å². The van der Waals surface area contributed by atoms with Gasteiger partial charge in [-0.2, -0.15) is 0 Å². The number of benzene rings is 2. The zero-order valence-electron chi connectivity index (χ0n) is 12.7. The molecule has 1 aliphatic rings. The fraction of sp³-hybridized carbons (Fsp3) is 0.263. The maximum absolute atomic E-state index is 6.16. The number of hydrogen-bond acceptors (Lipinski definition) is 2. The van der Waals surface area contributed by atoms with Crippen molar-refractivity contribution in [3.05, 3.63) is 82.3 Å². The molecule has 3 rings (SSSR count). The Balaban J connectivity index is 1.93. The average Bonchev–Trinajstić information content (AvgIpc) is 2.97. The first kappa shape index (κ1) is 15.5. The van der Waals surface area contributed by atoms with Gasteiger partial charge in [0.15, 0.2) is 0 Å². The lowest BCUT2D eigenvalue weighted by Crippen LogP contribution is -2.27. The van der Waals surface area contributed by atoms with Crippen LogP contribution < -0.4 is 0 Å². The summed E-state index contributed by atoms with van der Waals surface area (Å²) in [7, 11) is 0. The second-order valence-electron chi connectivity index (χ2n) is 5.40. The third kappa shape index (κ3) is 3.17. The van der Waals surface area contributed by atoms with Crippen molar-refractivity contribution in [2.75, 3.05) is 13.2 Å². The SMILES string of the molecule is C/C=C/CN1[C@@H](c2ccccc2Br)OC[C@H]1c1ccccc1. The highest BCUT2D eigenvalue weighted by Crippen LogP contribution is 2.40. The Kier molecular flexibility index (Phi) is 5.08. The molecule has 0 radical (unpaired) electrons. The standard InChI is InChI=1S/C19H20BrNO/c1-2-3-13-21-18(15-9-5-4-6-10-15)14-22-19(21)16-11-7-8-12-17(16)20/h2-12,18-19H,13-14H2,1H3/b3-2+/t18-,19+/m0/s1. The zero-order valence-corrected chi connectivity index (χ0v) is 14.2. The van der Waals surface area contributed by atoms with E-state index in [9.17, 15) is 0 Å². The van der Waals surface area contributed by atoms with Gasteiger partial charge >= 0.3 is 0 Å². The minimum Gasteiger partial charge on any atom is -0.357 e. The van der Waals surface area contributed by atoms with E-state index in [2.05, 4.69) is 88.4 Å². The molecule has 0 saturated carbocycles. The molecule has 114 valence electrons. The third-order valence-corrected chi connectivity index (χ3v) is 4.74. The van der Waals surface area contributed by atoms with Gasteiger partial charge < -0.3 is 4.74 Å². The van der Waals surface area contributed by atoms with Gasteiger partial charge in [-0.3, -0.25) is 4.90 Å². The topological polar surface area (TPSA) is 12.5 Å². The highest BCUT2D eigenvalue weighted by Gasteiger charge is 2.36. The molecule has 0 spiro atoms. The number of halogens is 1. The number of rotatable bonds is 4. The Morgan fingerprint density at radius 1 is 1.14 bits per heavy atom. The number of ether oxygens (including phenoxy) is 1. The van der Waals surface area contributed by atoms with Crippen LogP contribution in [-0.2, 0) is 4.74 Å². The van der Waals surface area contributed by atoms with Gasteiger partial charge in [0, 0.05) is 16.6 Å². The molecule has 22 heavy (non-hydrogen) atoms. The van der Waals surface area contributed by atoms with Crippen LogP contribution in [0.2, 0.25) is 0 Å². The molecule has 2 nitrogen and oxygen atoms in total. The van der Waals surface area contributed by atoms with Crippen LogP contribution in [0, 0.1) is 0 Å². The van der Waals surface area contributed by atoms with Gasteiger partial charge in [0.05, 0.1) is 12.6 Å². The maximum atomic E-state index is 6.16. The minimum atomic E-state index is -0.0167. The van der Waals surface area contributed by atoms with E-state index in [-0.39, 0.29) is 12.3 Å². The van der Waals surface area contributed by atoms with Crippen LogP contribution in [0.25, 0.3) is 0 Å². The molecule has 0 aromatic heterocycles. The van der Waals surface area contributed by atoms with E-state index in [4.69, 9.17) is 4.74 Å². The zero-order chi connectivity index (χ0) is 15.4. The van der Waals surface area contributed by atoms with Crippen LogP contribution in [0.4, 0.5) is 0 Å². The molecule has 1 fully saturated rings. The molecule has 3 heteroatoms. The third-order valence-electron chi connectivity index (χ3n) is 4.02. The van der Waals surface area contributed by atoms with Gasteiger partial charge in [0.25, 0.3) is 0 Å². The lowest BCUT2D eigenvalue weighted by atomic mass is 10.1. The summed E-state index contributed by atoms with van der Waals surface area (Å²) in [5, 5.41) is 0. The molecule has 1 aliphatic heterocycles. The van der Waals surface area contributed by atoms with Crippen molar-refractivity contribution in [1.29, 1.82) is 0 Å². The van der Waals surface area contributed by atoms with Crippen molar-refractivity contribution in [3.8, 4) is 0 Å². The van der Waals surface area contributed by atoms with Crippen molar-refractivity contribution in [2.24, 2.45) is 0 Å². The van der Waals surface area contributed by atoms with E-state index in [1.54, 1.807) is 0 Å². The van der Waals surface area contributed by atoms with Gasteiger partial charge in [-0.25, -0.2) is 0 Å². The smallest absolute Gasteiger partial charge is 0.138 e. The minimum absolute atomic E-state index is 0.0167. The first-order valence-corrected chi connectivity index (χ1v) is 8.38. The molecule has 0 N–H and O–H groups in total. The number of allylic oxidation sites excluding steroid dienone is 1. The number of hydrogen-bond donors (Lipinski definition) is 0. The molecule has 1 heterocycles. The summed E-state index contributed by atoms with van der Waals surface area (Å²) in [5.74, 6) is 0. The van der Waals surface area contributed by atoms with Gasteiger partial charge in [-0.05, 0) is 18.6 Å². The van der Waals surface area contributed by atoms with Crippen molar-refractivity contribution >= 4 is 15.9 Å². The first-order valence-electron chi connectivity index (χ1n) is 7.59. The van der Waals surface area contributed by atoms with Crippen molar-refractivity contribution in [1.82, 2.24) is 4.90 Å². The summed E-state index contributed by atoms with van der Waals surface area (Å²) >= 11 is 3.65. The van der Waals surface area contributed by atoms with Gasteiger partial charge in [0.2, 0.25) is 0 Å². The fourth-order valence-electron chi connectivity index (χ4n) is 2.89. The molecule has 2 aromatic rings. The fourth-order valence-corrected chi connectivity index (χ4v) is 3.37. The summed E-state index contributed by atoms with van der Waals surface area (Å²) in [6.45, 7) is 3.65. The molecular formula is C19H20BrNO. The normalized spacial score (nSPS) is 22.5. The highest BCUT2D eigenvalue weighted by molar-refractivity contribution is 9.10. The summed E-state index contributed by atoms with van der Waals surface area (Å²) in [6.07, 6.45) is 4.27. The lowest BCUT2D eigenvalue weighted by molar-refractivity contribution is 0.0348. The van der Waals surface area contributed by atoms with Crippen LogP contribution >= 0.6 is 15.9 Å². The second-order valence-corrected chi connectivity index (χ2v) is 6.25. The molecule has 0 aliphatic carbocycles. The molecule has 0 bridgehead atoms. The Morgan fingerprint density at radius 2 is 1.86 bits per heavy atom. The molecule has 0 unspecified atom stereocenters. The second kappa shape index (κ2) is 7.23. The van der Waals surface area contributed by atoms with Gasteiger partial charge in [-0.1, -0.05) is 76.6 Å². The van der Waals surface area contributed by atoms with Crippen molar-refractivity contribution < 1.29 is 4.74 Å². The van der Waals surface area contributed by atoms with Crippen LogP contribution in [0.3, 0.4) is 0 Å². The van der Waals surface area contributed by atoms with E-state index < -0.39 is 0 Å². The first-order chi connectivity index (χ1) is 10.8. The Bertz CT molecular complexity index is 641. The molecule has 0 amide bonds. The summed E-state index contributed by atoms with van der Waals surface area (Å²) < 4.78 is 7.26. The van der Waals surface area contributed by atoms with Crippen LogP contribution in [-0.4, -0.2) is 18.1 Å². The molecule has 2 aromatic carbocycles. The molecule has 1 saturated heterocycles. The Hall–Kier alpha value is -1.42. The van der Waals surface area contributed by atoms with Crippen LogP contribution in [0.1, 0.15) is 30.3 Å². The van der Waals surface area contributed by atoms with E-state index >= 15 is 0 Å². The van der Waals surface area contributed by atoms with E-state index in [1.165, 1.54) is 11.1 Å². The highest BCUT2D eigenvalue weighted by atomic mass is 79.9. The number of nitrogens with zero attached hydrogens (tertiary/aromatic N) is 1. The van der Waals surface area contributed by atoms with E-state index in [0.29, 0.717) is 6.61 Å². The summed E-state index contributed by atoms with van der Waals surface area (Å²) in [5.41, 5.74) is 2.49. The van der Waals surface area contributed by atoms with E-state index in [1.807, 2.05) is 6.07 Å². The Labute approximate surface area is 140 Å². The van der Waals surface area contributed by atoms with Gasteiger partial charge in [0.1, 0.15) is 6.23 Å². The van der Waals surface area contributed by atoms with Crippen LogP contribution in [0.15, 0.2) is 71.2 Å². The average molecular weight is 358 g/mol. The summed E-state index contributed by atoms with van der Waals surface area (Å²) in [6, 6.07) is 19.2. The maximum Gasteiger partial charge on any atom is 0.138 e.